The molecule has 2 heterocycles. The van der Waals surface area contributed by atoms with E-state index in [1.54, 1.807) is 6.20 Å². The second-order valence-electron chi connectivity index (χ2n) is 6.67. The van der Waals surface area contributed by atoms with Gasteiger partial charge >= 0.3 is 6.03 Å². The monoisotopic (exact) mass is 340 g/mol. The fraction of sp³-hybridized carbons (Fsp3) is 0.368. The number of carbonyl (C=O) groups excluding carboxylic acids is 1. The number of benzene rings is 1. The number of urea groups is 1. The SMILES string of the molecule is CC1Cc2cc(CNC(=O)Nc3cc(CN(C)C)ccn3)ccc2O1. The highest BCUT2D eigenvalue weighted by atomic mass is 16.5. The zero-order valence-electron chi connectivity index (χ0n) is 14.9. The quantitative estimate of drug-likeness (QED) is 0.878. The van der Waals surface area contributed by atoms with Gasteiger partial charge in [0.05, 0.1) is 0 Å². The lowest BCUT2D eigenvalue weighted by Crippen LogP contribution is -2.28. The summed E-state index contributed by atoms with van der Waals surface area (Å²) in [4.78, 5) is 18.4. The molecule has 1 aromatic heterocycles. The number of pyridine rings is 1. The van der Waals surface area contributed by atoms with Crippen LogP contribution >= 0.6 is 0 Å². The van der Waals surface area contributed by atoms with Crippen molar-refractivity contribution < 1.29 is 9.53 Å². The molecule has 1 unspecified atom stereocenters. The highest BCUT2D eigenvalue weighted by molar-refractivity contribution is 5.88. The number of hydrogen-bond donors (Lipinski definition) is 2. The highest BCUT2D eigenvalue weighted by Crippen LogP contribution is 2.29. The summed E-state index contributed by atoms with van der Waals surface area (Å²) in [6, 6.07) is 9.60. The number of nitrogens with zero attached hydrogens (tertiary/aromatic N) is 2. The molecule has 3 rings (SSSR count). The highest BCUT2D eigenvalue weighted by Gasteiger charge is 2.18. The van der Waals surface area contributed by atoms with Gasteiger partial charge in [0.15, 0.2) is 0 Å². The van der Waals surface area contributed by atoms with Crippen molar-refractivity contribution in [3.8, 4) is 5.75 Å². The molecule has 1 aliphatic heterocycles. The molecule has 6 nitrogen and oxygen atoms in total. The van der Waals surface area contributed by atoms with Gasteiger partial charge in [-0.05, 0) is 55.9 Å². The van der Waals surface area contributed by atoms with Crippen molar-refractivity contribution in [2.24, 2.45) is 0 Å². The van der Waals surface area contributed by atoms with E-state index in [-0.39, 0.29) is 12.1 Å². The van der Waals surface area contributed by atoms with Crippen molar-refractivity contribution >= 4 is 11.8 Å². The topological polar surface area (TPSA) is 66.5 Å². The smallest absolute Gasteiger partial charge is 0.320 e. The zero-order chi connectivity index (χ0) is 17.8. The minimum atomic E-state index is -0.264. The van der Waals surface area contributed by atoms with Crippen molar-refractivity contribution in [2.45, 2.75) is 32.5 Å². The molecule has 1 aliphatic rings. The summed E-state index contributed by atoms with van der Waals surface area (Å²) in [7, 11) is 4.01. The number of carbonyl (C=O) groups is 1. The molecule has 0 saturated carbocycles. The van der Waals surface area contributed by atoms with Crippen LogP contribution in [0.1, 0.15) is 23.6 Å². The van der Waals surface area contributed by atoms with Gasteiger partial charge in [-0.1, -0.05) is 12.1 Å². The Labute approximate surface area is 148 Å². The predicted molar refractivity (Wildman–Crippen MR) is 97.7 cm³/mol. The third-order valence-electron chi connectivity index (χ3n) is 3.98. The van der Waals surface area contributed by atoms with Crippen LogP contribution in [-0.2, 0) is 19.5 Å². The van der Waals surface area contributed by atoms with Crippen LogP contribution in [0.3, 0.4) is 0 Å². The summed E-state index contributed by atoms with van der Waals surface area (Å²) in [5.41, 5.74) is 3.36. The minimum absolute atomic E-state index is 0.224. The van der Waals surface area contributed by atoms with Gasteiger partial charge in [0.25, 0.3) is 0 Å². The van der Waals surface area contributed by atoms with E-state index in [9.17, 15) is 4.79 Å². The van der Waals surface area contributed by atoms with Gasteiger partial charge in [0.2, 0.25) is 0 Å². The first-order chi connectivity index (χ1) is 12.0. The summed E-state index contributed by atoms with van der Waals surface area (Å²) in [5.74, 6) is 1.50. The molecule has 1 aromatic carbocycles. The number of nitrogens with one attached hydrogen (secondary N) is 2. The lowest BCUT2D eigenvalue weighted by atomic mass is 10.1. The molecule has 1 atom stereocenters. The molecule has 2 amide bonds. The Kier molecular flexibility index (Phi) is 5.19. The Bertz CT molecular complexity index is 761. The Balaban J connectivity index is 1.54. The third-order valence-corrected chi connectivity index (χ3v) is 3.98. The number of aromatic nitrogens is 1. The maximum atomic E-state index is 12.1. The van der Waals surface area contributed by atoms with E-state index in [2.05, 4.69) is 33.5 Å². The van der Waals surface area contributed by atoms with Crippen LogP contribution < -0.4 is 15.4 Å². The molecule has 0 bridgehead atoms. The van der Waals surface area contributed by atoms with Crippen LogP contribution in [0.4, 0.5) is 10.6 Å². The first-order valence-electron chi connectivity index (χ1n) is 8.42. The Morgan fingerprint density at radius 3 is 2.92 bits per heavy atom. The van der Waals surface area contributed by atoms with Gasteiger partial charge in [-0.25, -0.2) is 9.78 Å². The maximum absolute atomic E-state index is 12.1. The van der Waals surface area contributed by atoms with Crippen LogP contribution in [0.25, 0.3) is 0 Å². The van der Waals surface area contributed by atoms with Gasteiger partial charge in [0, 0.05) is 25.7 Å². The number of fused-ring (bicyclic) bond motifs is 1. The summed E-state index contributed by atoms with van der Waals surface area (Å²) < 4.78 is 5.69. The average Bonchev–Trinajstić information content (AvgIpc) is 2.92. The van der Waals surface area contributed by atoms with Crippen molar-refractivity contribution in [2.75, 3.05) is 19.4 Å². The Hall–Kier alpha value is -2.60. The first-order valence-corrected chi connectivity index (χ1v) is 8.42. The predicted octanol–water partition coefficient (Wildman–Crippen LogP) is 2.79. The normalized spacial score (nSPS) is 15.6. The van der Waals surface area contributed by atoms with E-state index >= 15 is 0 Å². The molecule has 0 aliphatic carbocycles. The summed E-state index contributed by atoms with van der Waals surface area (Å²) in [6.45, 7) is 3.32. The zero-order valence-corrected chi connectivity index (χ0v) is 14.9. The van der Waals surface area contributed by atoms with E-state index < -0.39 is 0 Å². The molecule has 0 radical (unpaired) electrons. The summed E-state index contributed by atoms with van der Waals surface area (Å²) in [5, 5.41) is 5.65. The average molecular weight is 340 g/mol. The van der Waals surface area contributed by atoms with Gasteiger partial charge < -0.3 is 15.0 Å². The molecule has 0 spiro atoms. The van der Waals surface area contributed by atoms with Crippen LogP contribution in [-0.4, -0.2) is 36.1 Å². The Morgan fingerprint density at radius 1 is 1.28 bits per heavy atom. The maximum Gasteiger partial charge on any atom is 0.320 e. The van der Waals surface area contributed by atoms with Crippen LogP contribution in [0.2, 0.25) is 0 Å². The van der Waals surface area contributed by atoms with Crippen molar-refractivity contribution in [3.05, 3.63) is 53.2 Å². The Morgan fingerprint density at radius 2 is 2.12 bits per heavy atom. The molecule has 0 saturated heterocycles. The molecule has 0 fully saturated rings. The summed E-state index contributed by atoms with van der Waals surface area (Å²) >= 11 is 0. The molecule has 2 N–H and O–H groups in total. The van der Waals surface area contributed by atoms with Gasteiger partial charge in [-0.15, -0.1) is 0 Å². The van der Waals surface area contributed by atoms with E-state index in [0.717, 1.165) is 29.8 Å². The lowest BCUT2D eigenvalue weighted by Gasteiger charge is -2.11. The number of hydrogen-bond acceptors (Lipinski definition) is 4. The number of anilines is 1. The number of amides is 2. The van der Waals surface area contributed by atoms with Gasteiger partial charge in [-0.2, -0.15) is 0 Å². The van der Waals surface area contributed by atoms with Crippen LogP contribution in [0, 0.1) is 0 Å². The molecule has 25 heavy (non-hydrogen) atoms. The summed E-state index contributed by atoms with van der Waals surface area (Å²) in [6.07, 6.45) is 2.84. The van der Waals surface area contributed by atoms with Gasteiger partial charge in [-0.3, -0.25) is 5.32 Å². The van der Waals surface area contributed by atoms with Crippen molar-refractivity contribution in [1.29, 1.82) is 0 Å². The fourth-order valence-corrected chi connectivity index (χ4v) is 2.93. The molecule has 2 aromatic rings. The number of rotatable bonds is 5. The van der Waals surface area contributed by atoms with Crippen LogP contribution in [0.15, 0.2) is 36.5 Å². The largest absolute Gasteiger partial charge is 0.490 e. The molecular weight excluding hydrogens is 316 g/mol. The van der Waals surface area contributed by atoms with E-state index in [1.165, 1.54) is 5.56 Å². The molecular formula is C19H24N4O2. The second kappa shape index (κ2) is 7.53. The standard InChI is InChI=1S/C19H24N4O2/c1-13-8-16-9-14(4-5-17(16)25-13)11-21-19(24)22-18-10-15(6-7-20-18)12-23(2)3/h4-7,9-10,13H,8,11-12H2,1-3H3,(H2,20,21,22,24). The van der Waals surface area contributed by atoms with Crippen molar-refractivity contribution in [3.63, 3.8) is 0 Å². The third kappa shape index (κ3) is 4.70. The molecule has 132 valence electrons. The van der Waals surface area contributed by atoms with E-state index in [0.29, 0.717) is 12.4 Å². The fourth-order valence-electron chi connectivity index (χ4n) is 2.93. The minimum Gasteiger partial charge on any atom is -0.490 e. The van der Waals surface area contributed by atoms with Crippen molar-refractivity contribution in [1.82, 2.24) is 15.2 Å². The van der Waals surface area contributed by atoms with Crippen LogP contribution in [0.5, 0.6) is 5.75 Å². The van der Waals surface area contributed by atoms with E-state index in [4.69, 9.17) is 4.74 Å². The number of ether oxygens (including phenoxy) is 1. The van der Waals surface area contributed by atoms with E-state index in [1.807, 2.05) is 38.4 Å². The second-order valence-corrected chi connectivity index (χ2v) is 6.67. The first kappa shape index (κ1) is 17.2. The lowest BCUT2D eigenvalue weighted by molar-refractivity contribution is 0.251. The van der Waals surface area contributed by atoms with Gasteiger partial charge in [0.1, 0.15) is 17.7 Å². The molecule has 6 heteroatoms.